The van der Waals surface area contributed by atoms with Crippen LogP contribution in [0.2, 0.25) is 0 Å². The Morgan fingerprint density at radius 2 is 2.18 bits per heavy atom. The molecule has 1 heterocycles. The smallest absolute Gasteiger partial charge is 0.223 e. The number of Topliss-reactive ketones (excluding diaryl/α,β-unsaturated/α-hetero) is 1. The summed E-state index contributed by atoms with van der Waals surface area (Å²) in [5, 5.41) is 0. The molecule has 6 heteroatoms. The van der Waals surface area contributed by atoms with Gasteiger partial charge in [0, 0.05) is 30.4 Å². The number of hydrogen-bond acceptors (Lipinski definition) is 4. The molecule has 0 bridgehead atoms. The maximum absolute atomic E-state index is 12.3. The lowest BCUT2D eigenvalue weighted by atomic mass is 10.1. The molecule has 0 saturated carbocycles. The Balaban J connectivity index is 1.93. The molecule has 0 aromatic heterocycles. The number of amides is 1. The monoisotopic (exact) mass is 368 g/mol. The van der Waals surface area contributed by atoms with Crippen LogP contribution in [0.3, 0.4) is 0 Å². The number of ketones is 1. The molecule has 1 fully saturated rings. The standard InChI is InChI=1S/C16H21BrN2O3/c1-22-15-4-2-12(17)8-13(15)14(20)3-5-16(21)19-7-6-11(9-18)10-19/h2,4,8,11H,3,5-7,9-10,18H2,1H3. The van der Waals surface area contributed by atoms with Crippen LogP contribution in [-0.2, 0) is 4.79 Å². The number of likely N-dealkylation sites (tertiary alicyclic amines) is 1. The van der Waals surface area contributed by atoms with Gasteiger partial charge in [-0.05, 0) is 37.1 Å². The maximum atomic E-state index is 12.3. The van der Waals surface area contributed by atoms with E-state index >= 15 is 0 Å². The second kappa shape index (κ2) is 7.74. The molecule has 1 atom stereocenters. The number of methoxy groups -OCH3 is 1. The molecule has 1 aromatic carbocycles. The van der Waals surface area contributed by atoms with Crippen molar-refractivity contribution in [2.24, 2.45) is 11.7 Å². The SMILES string of the molecule is COc1ccc(Br)cc1C(=O)CCC(=O)N1CCC(CN)C1. The molecule has 0 aliphatic carbocycles. The fourth-order valence-electron chi connectivity index (χ4n) is 2.66. The largest absolute Gasteiger partial charge is 0.496 e. The maximum Gasteiger partial charge on any atom is 0.223 e. The van der Waals surface area contributed by atoms with Crippen molar-refractivity contribution in [3.05, 3.63) is 28.2 Å². The minimum atomic E-state index is -0.0823. The van der Waals surface area contributed by atoms with Crippen molar-refractivity contribution in [1.82, 2.24) is 4.90 Å². The summed E-state index contributed by atoms with van der Waals surface area (Å²) >= 11 is 3.35. The van der Waals surface area contributed by atoms with Crippen molar-refractivity contribution < 1.29 is 14.3 Å². The Kier molecular flexibility index (Phi) is 5.97. The lowest BCUT2D eigenvalue weighted by Gasteiger charge is -2.16. The van der Waals surface area contributed by atoms with Crippen molar-refractivity contribution >= 4 is 27.6 Å². The normalized spacial score (nSPS) is 17.6. The predicted octanol–water partition coefficient (Wildman–Crippen LogP) is 2.23. The third-order valence-corrected chi connectivity index (χ3v) is 4.49. The molecule has 1 aromatic rings. The molecule has 22 heavy (non-hydrogen) atoms. The molecule has 1 aliphatic heterocycles. The minimum Gasteiger partial charge on any atom is -0.496 e. The quantitative estimate of drug-likeness (QED) is 0.781. The van der Waals surface area contributed by atoms with E-state index in [4.69, 9.17) is 10.5 Å². The second-order valence-electron chi connectivity index (χ2n) is 5.50. The number of hydrogen-bond donors (Lipinski definition) is 1. The highest BCUT2D eigenvalue weighted by atomic mass is 79.9. The number of benzene rings is 1. The van der Waals surface area contributed by atoms with Crippen LogP contribution in [0.15, 0.2) is 22.7 Å². The molecular formula is C16H21BrN2O3. The van der Waals surface area contributed by atoms with E-state index in [0.717, 1.165) is 17.4 Å². The molecule has 1 unspecified atom stereocenters. The molecule has 0 radical (unpaired) electrons. The first-order valence-electron chi connectivity index (χ1n) is 7.39. The number of carbonyl (C=O) groups excluding carboxylic acids is 2. The zero-order valence-corrected chi connectivity index (χ0v) is 14.3. The predicted molar refractivity (Wildman–Crippen MR) is 88.0 cm³/mol. The highest BCUT2D eigenvalue weighted by Crippen LogP contribution is 2.25. The first-order chi connectivity index (χ1) is 10.5. The van der Waals surface area contributed by atoms with Gasteiger partial charge in [0.05, 0.1) is 12.7 Å². The Morgan fingerprint density at radius 1 is 1.41 bits per heavy atom. The molecular weight excluding hydrogens is 348 g/mol. The molecule has 1 aliphatic rings. The average molecular weight is 369 g/mol. The number of halogens is 1. The van der Waals surface area contributed by atoms with E-state index in [9.17, 15) is 9.59 Å². The highest BCUT2D eigenvalue weighted by molar-refractivity contribution is 9.10. The number of ether oxygens (including phenoxy) is 1. The van der Waals surface area contributed by atoms with Crippen LogP contribution in [0.25, 0.3) is 0 Å². The summed E-state index contributed by atoms with van der Waals surface area (Å²) < 4.78 is 6.02. The van der Waals surface area contributed by atoms with Crippen molar-refractivity contribution in [2.45, 2.75) is 19.3 Å². The molecule has 2 N–H and O–H groups in total. The summed E-state index contributed by atoms with van der Waals surface area (Å²) in [5.74, 6) is 0.870. The molecule has 5 nitrogen and oxygen atoms in total. The molecule has 1 saturated heterocycles. The number of rotatable bonds is 6. The Bertz CT molecular complexity index is 562. The van der Waals surface area contributed by atoms with Gasteiger partial charge in [-0.2, -0.15) is 0 Å². The number of nitrogens with two attached hydrogens (primary N) is 1. The van der Waals surface area contributed by atoms with Crippen LogP contribution in [0.1, 0.15) is 29.6 Å². The highest BCUT2D eigenvalue weighted by Gasteiger charge is 2.25. The van der Waals surface area contributed by atoms with Crippen LogP contribution in [0.4, 0.5) is 0 Å². The second-order valence-corrected chi connectivity index (χ2v) is 6.41. The van der Waals surface area contributed by atoms with Crippen molar-refractivity contribution in [3.63, 3.8) is 0 Å². The lowest BCUT2D eigenvalue weighted by molar-refractivity contribution is -0.130. The van der Waals surface area contributed by atoms with Gasteiger partial charge in [0.2, 0.25) is 5.91 Å². The fraction of sp³-hybridized carbons (Fsp3) is 0.500. The summed E-state index contributed by atoms with van der Waals surface area (Å²) in [6.07, 6.45) is 1.37. The Labute approximate surface area is 138 Å². The van der Waals surface area contributed by atoms with Gasteiger partial charge in [-0.3, -0.25) is 9.59 Å². The third kappa shape index (κ3) is 4.08. The topological polar surface area (TPSA) is 72.6 Å². The van der Waals surface area contributed by atoms with Gasteiger partial charge in [-0.15, -0.1) is 0 Å². The Hall–Kier alpha value is -1.40. The molecule has 2 rings (SSSR count). The van der Waals surface area contributed by atoms with Crippen LogP contribution < -0.4 is 10.5 Å². The lowest BCUT2D eigenvalue weighted by Crippen LogP contribution is -2.30. The summed E-state index contributed by atoms with van der Waals surface area (Å²) in [6, 6.07) is 5.29. The van der Waals surface area contributed by atoms with E-state index in [1.165, 1.54) is 7.11 Å². The van der Waals surface area contributed by atoms with E-state index in [1.807, 2.05) is 11.0 Å². The third-order valence-electron chi connectivity index (χ3n) is 4.00. The summed E-state index contributed by atoms with van der Waals surface area (Å²) in [7, 11) is 1.53. The van der Waals surface area contributed by atoms with E-state index in [0.29, 0.717) is 30.3 Å². The minimum absolute atomic E-state index is 0.0262. The zero-order chi connectivity index (χ0) is 16.1. The number of nitrogens with zero attached hydrogens (tertiary/aromatic N) is 1. The summed E-state index contributed by atoms with van der Waals surface area (Å²) in [6.45, 7) is 2.07. The van der Waals surface area contributed by atoms with E-state index in [1.54, 1.807) is 12.1 Å². The van der Waals surface area contributed by atoms with Gasteiger partial charge in [-0.25, -0.2) is 0 Å². The van der Waals surface area contributed by atoms with Crippen molar-refractivity contribution in [1.29, 1.82) is 0 Å². The van der Waals surface area contributed by atoms with Gasteiger partial charge in [0.1, 0.15) is 5.75 Å². The molecule has 120 valence electrons. The summed E-state index contributed by atoms with van der Waals surface area (Å²) in [4.78, 5) is 26.3. The van der Waals surface area contributed by atoms with Crippen LogP contribution in [0, 0.1) is 5.92 Å². The van der Waals surface area contributed by atoms with E-state index in [-0.39, 0.29) is 24.5 Å². The van der Waals surface area contributed by atoms with Gasteiger partial charge in [-0.1, -0.05) is 15.9 Å². The van der Waals surface area contributed by atoms with Crippen molar-refractivity contribution in [3.8, 4) is 5.75 Å². The summed E-state index contributed by atoms with van der Waals surface area (Å²) in [5.41, 5.74) is 6.14. The van der Waals surface area contributed by atoms with Crippen LogP contribution in [-0.4, -0.2) is 43.3 Å². The van der Waals surface area contributed by atoms with Gasteiger partial charge in [0.15, 0.2) is 5.78 Å². The number of carbonyl (C=O) groups is 2. The van der Waals surface area contributed by atoms with Gasteiger partial charge >= 0.3 is 0 Å². The van der Waals surface area contributed by atoms with E-state index in [2.05, 4.69) is 15.9 Å². The first-order valence-corrected chi connectivity index (χ1v) is 8.19. The Morgan fingerprint density at radius 3 is 2.82 bits per heavy atom. The van der Waals surface area contributed by atoms with Gasteiger partial charge < -0.3 is 15.4 Å². The molecule has 1 amide bonds. The van der Waals surface area contributed by atoms with Crippen LogP contribution >= 0.6 is 15.9 Å². The van der Waals surface area contributed by atoms with E-state index < -0.39 is 0 Å². The fourth-order valence-corrected chi connectivity index (χ4v) is 3.02. The average Bonchev–Trinajstić information content (AvgIpc) is 3.01. The van der Waals surface area contributed by atoms with Crippen molar-refractivity contribution in [2.75, 3.05) is 26.7 Å². The zero-order valence-electron chi connectivity index (χ0n) is 12.7. The van der Waals surface area contributed by atoms with Crippen LogP contribution in [0.5, 0.6) is 5.75 Å². The van der Waals surface area contributed by atoms with Gasteiger partial charge in [0.25, 0.3) is 0 Å². The molecule has 0 spiro atoms. The first kappa shape index (κ1) is 17.0.